The first-order valence-corrected chi connectivity index (χ1v) is 7.14. The fourth-order valence-corrected chi connectivity index (χ4v) is 3.96. The van der Waals surface area contributed by atoms with Gasteiger partial charge in [0.15, 0.2) is 0 Å². The molecule has 94 valence electrons. The highest BCUT2D eigenvalue weighted by Crippen LogP contribution is 2.63. The van der Waals surface area contributed by atoms with E-state index >= 15 is 0 Å². The highest BCUT2D eigenvalue weighted by molar-refractivity contribution is 14.1. The molecule has 0 aromatic heterocycles. The van der Waals surface area contributed by atoms with Gasteiger partial charge in [0.25, 0.3) is 0 Å². The van der Waals surface area contributed by atoms with Crippen LogP contribution in [0.5, 0.6) is 0 Å². The topological polar surface area (TPSA) is 37.4 Å². The lowest BCUT2D eigenvalue weighted by Crippen LogP contribution is -2.36. The van der Waals surface area contributed by atoms with Crippen LogP contribution >= 0.6 is 34.2 Å². The van der Waals surface area contributed by atoms with Crippen LogP contribution in [0.15, 0.2) is 18.2 Å². The number of hydrogen-bond donors (Lipinski definition) is 0. The summed E-state index contributed by atoms with van der Waals surface area (Å²) in [4.78, 5) is 25.9. The quantitative estimate of drug-likeness (QED) is 0.559. The van der Waals surface area contributed by atoms with Crippen molar-refractivity contribution in [1.29, 1.82) is 0 Å². The normalized spacial score (nSPS) is 28.6. The Labute approximate surface area is 124 Å². The molecule has 0 spiro atoms. The largest absolute Gasteiger partial charge is 0.274 e. The molecule has 2 amide bonds. The number of benzene rings is 1. The van der Waals surface area contributed by atoms with Crippen LogP contribution in [0.4, 0.5) is 5.69 Å². The van der Waals surface area contributed by atoms with Gasteiger partial charge in [0.05, 0.1) is 17.5 Å². The van der Waals surface area contributed by atoms with Gasteiger partial charge in [0.2, 0.25) is 11.8 Å². The van der Waals surface area contributed by atoms with Crippen LogP contribution in [0, 0.1) is 20.8 Å². The second kappa shape index (κ2) is 3.70. The van der Waals surface area contributed by atoms with Gasteiger partial charge in [-0.1, -0.05) is 25.4 Å². The molecule has 0 N–H and O–H groups in total. The summed E-state index contributed by atoms with van der Waals surface area (Å²) in [6, 6.07) is 5.19. The smallest absolute Gasteiger partial charge is 0.238 e. The molecule has 1 saturated heterocycles. The van der Waals surface area contributed by atoms with Crippen molar-refractivity contribution in [3.63, 3.8) is 0 Å². The first-order valence-electron chi connectivity index (χ1n) is 5.68. The molecule has 1 aromatic carbocycles. The van der Waals surface area contributed by atoms with Crippen molar-refractivity contribution in [1.82, 2.24) is 0 Å². The van der Waals surface area contributed by atoms with Crippen molar-refractivity contribution >= 4 is 51.7 Å². The molecule has 5 heteroatoms. The van der Waals surface area contributed by atoms with Crippen LogP contribution < -0.4 is 4.90 Å². The SMILES string of the molecule is CC1(C)C2C(=O)N(c3ccc(Cl)cc3I)C(=O)C21. The van der Waals surface area contributed by atoms with Crippen molar-refractivity contribution in [2.24, 2.45) is 17.3 Å². The zero-order chi connectivity index (χ0) is 13.2. The molecule has 18 heavy (non-hydrogen) atoms. The third-order valence-electron chi connectivity index (χ3n) is 3.95. The fraction of sp³-hybridized carbons (Fsp3) is 0.385. The van der Waals surface area contributed by atoms with Gasteiger partial charge in [-0.15, -0.1) is 0 Å². The van der Waals surface area contributed by atoms with Crippen molar-refractivity contribution in [3.05, 3.63) is 26.8 Å². The molecule has 1 aromatic rings. The van der Waals surface area contributed by atoms with Crippen LogP contribution in [0.1, 0.15) is 13.8 Å². The summed E-state index contributed by atoms with van der Waals surface area (Å²) in [5.74, 6) is -0.432. The molecular formula is C13H11ClINO2. The Morgan fingerprint density at radius 2 is 1.78 bits per heavy atom. The first kappa shape index (κ1) is 12.4. The Morgan fingerprint density at radius 3 is 2.28 bits per heavy atom. The van der Waals surface area contributed by atoms with Gasteiger partial charge in [0.1, 0.15) is 0 Å². The highest BCUT2D eigenvalue weighted by Gasteiger charge is 2.72. The number of piperidine rings is 1. The van der Waals surface area contributed by atoms with Crippen LogP contribution in [-0.2, 0) is 9.59 Å². The van der Waals surface area contributed by atoms with E-state index < -0.39 is 0 Å². The van der Waals surface area contributed by atoms with Crippen molar-refractivity contribution in [2.45, 2.75) is 13.8 Å². The fourth-order valence-electron chi connectivity index (χ4n) is 2.85. The summed E-state index contributed by atoms with van der Waals surface area (Å²) >= 11 is 7.98. The van der Waals surface area contributed by atoms with Gasteiger partial charge in [-0.2, -0.15) is 0 Å². The molecule has 1 aliphatic heterocycles. The van der Waals surface area contributed by atoms with E-state index in [1.807, 2.05) is 13.8 Å². The molecule has 1 aliphatic carbocycles. The summed E-state index contributed by atoms with van der Waals surface area (Å²) in [6.07, 6.45) is 0. The summed E-state index contributed by atoms with van der Waals surface area (Å²) in [5.41, 5.74) is 0.487. The maximum Gasteiger partial charge on any atom is 0.238 e. The Bertz CT molecular complexity index is 560. The summed E-state index contributed by atoms with van der Waals surface area (Å²) < 4.78 is 0.820. The number of halogens is 2. The van der Waals surface area contributed by atoms with Gasteiger partial charge in [0, 0.05) is 8.59 Å². The molecule has 2 aliphatic rings. The first-order chi connectivity index (χ1) is 8.35. The van der Waals surface area contributed by atoms with E-state index in [0.717, 1.165) is 3.57 Å². The molecule has 3 rings (SSSR count). The van der Waals surface area contributed by atoms with Crippen molar-refractivity contribution in [3.8, 4) is 0 Å². The Hall–Kier alpha value is -0.620. The van der Waals surface area contributed by atoms with Gasteiger partial charge < -0.3 is 0 Å². The Kier molecular flexibility index (Phi) is 2.55. The van der Waals surface area contributed by atoms with Crippen molar-refractivity contribution in [2.75, 3.05) is 4.90 Å². The second-order valence-electron chi connectivity index (χ2n) is 5.38. The van der Waals surface area contributed by atoms with Crippen LogP contribution in [0.25, 0.3) is 0 Å². The Morgan fingerprint density at radius 1 is 1.22 bits per heavy atom. The van der Waals surface area contributed by atoms with Gasteiger partial charge >= 0.3 is 0 Å². The number of anilines is 1. The van der Waals surface area contributed by atoms with E-state index in [2.05, 4.69) is 22.6 Å². The zero-order valence-corrected chi connectivity index (χ0v) is 12.8. The average molecular weight is 376 g/mol. The maximum atomic E-state index is 12.3. The Balaban J connectivity index is 2.01. The molecule has 0 radical (unpaired) electrons. The lowest BCUT2D eigenvalue weighted by Gasteiger charge is -2.21. The highest BCUT2D eigenvalue weighted by atomic mass is 127. The second-order valence-corrected chi connectivity index (χ2v) is 6.98. The van der Waals surface area contributed by atoms with E-state index in [9.17, 15) is 9.59 Å². The predicted molar refractivity (Wildman–Crippen MR) is 77.4 cm³/mol. The molecule has 0 bridgehead atoms. The van der Waals surface area contributed by atoms with Crippen LogP contribution in [0.2, 0.25) is 5.02 Å². The van der Waals surface area contributed by atoms with Crippen LogP contribution in [0.3, 0.4) is 0 Å². The number of imide groups is 1. The molecular weight excluding hydrogens is 365 g/mol. The number of rotatable bonds is 1. The number of carbonyl (C=O) groups is 2. The van der Waals surface area contributed by atoms with Gasteiger partial charge in [-0.3, -0.25) is 9.59 Å². The molecule has 2 atom stereocenters. The third-order valence-corrected chi connectivity index (χ3v) is 5.05. The van der Waals surface area contributed by atoms with E-state index in [4.69, 9.17) is 11.6 Å². The van der Waals surface area contributed by atoms with Crippen LogP contribution in [-0.4, -0.2) is 11.8 Å². The summed E-state index contributed by atoms with van der Waals surface area (Å²) in [5, 5.41) is 0.604. The minimum atomic E-state index is -0.164. The number of fused-ring (bicyclic) bond motifs is 1. The standard InChI is InChI=1S/C13H11ClINO2/c1-13(2)9-10(13)12(18)16(11(9)17)8-4-3-6(14)5-7(8)15/h3-5,9-10H,1-2H3. The monoisotopic (exact) mass is 375 g/mol. The van der Waals surface area contributed by atoms with E-state index in [1.54, 1.807) is 18.2 Å². The van der Waals surface area contributed by atoms with E-state index in [0.29, 0.717) is 10.7 Å². The molecule has 2 unspecified atom stereocenters. The van der Waals surface area contributed by atoms with E-state index in [-0.39, 0.29) is 29.1 Å². The number of nitrogens with zero attached hydrogens (tertiary/aromatic N) is 1. The zero-order valence-electron chi connectivity index (χ0n) is 9.91. The average Bonchev–Trinajstić information content (AvgIpc) is 2.72. The van der Waals surface area contributed by atoms with Gasteiger partial charge in [-0.05, 0) is 46.2 Å². The molecule has 1 heterocycles. The predicted octanol–water partition coefficient (Wildman–Crippen LogP) is 3.09. The molecule has 3 nitrogen and oxygen atoms in total. The number of hydrogen-bond acceptors (Lipinski definition) is 2. The maximum absolute atomic E-state index is 12.3. The van der Waals surface area contributed by atoms with Gasteiger partial charge in [-0.25, -0.2) is 4.90 Å². The summed E-state index contributed by atoms with van der Waals surface area (Å²) in [7, 11) is 0. The lowest BCUT2D eigenvalue weighted by molar-refractivity contribution is -0.125. The molecule has 2 fully saturated rings. The minimum Gasteiger partial charge on any atom is -0.274 e. The lowest BCUT2D eigenvalue weighted by atomic mass is 10.1. The summed E-state index contributed by atoms with van der Waals surface area (Å²) in [6.45, 7) is 3.95. The minimum absolute atomic E-state index is 0.0739. The van der Waals surface area contributed by atoms with Crippen molar-refractivity contribution < 1.29 is 9.59 Å². The number of carbonyl (C=O) groups excluding carboxylic acids is 2. The molecule has 1 saturated carbocycles. The van der Waals surface area contributed by atoms with E-state index in [1.165, 1.54) is 4.90 Å². The number of amides is 2. The third kappa shape index (κ3) is 1.48.